The van der Waals surface area contributed by atoms with Gasteiger partial charge >= 0.3 is 0 Å². The zero-order valence-electron chi connectivity index (χ0n) is 11.6. The van der Waals surface area contributed by atoms with Crippen LogP contribution in [0.3, 0.4) is 0 Å². The maximum absolute atomic E-state index is 5.75. The molecule has 3 rings (SSSR count). The third kappa shape index (κ3) is 2.99. The van der Waals surface area contributed by atoms with Crippen LogP contribution in [-0.4, -0.2) is 41.4 Å². The summed E-state index contributed by atoms with van der Waals surface area (Å²) in [5.74, 6) is -0.236. The number of hydrogen-bond donors (Lipinski definition) is 1. The summed E-state index contributed by atoms with van der Waals surface area (Å²) in [7, 11) is 1.99. The van der Waals surface area contributed by atoms with Crippen LogP contribution in [0.4, 0.5) is 0 Å². The van der Waals surface area contributed by atoms with E-state index in [9.17, 15) is 0 Å². The Morgan fingerprint density at radius 1 is 1.37 bits per heavy atom. The number of nitrogens with one attached hydrogen (secondary N) is 1. The number of nitrogens with zero attached hydrogens (tertiary/aromatic N) is 2. The second-order valence-corrected chi connectivity index (χ2v) is 5.53. The van der Waals surface area contributed by atoms with Gasteiger partial charge in [0.25, 0.3) is 0 Å². The predicted molar refractivity (Wildman–Crippen MR) is 71.8 cm³/mol. The molecule has 0 bridgehead atoms. The Morgan fingerprint density at radius 3 is 2.74 bits per heavy atom. The summed E-state index contributed by atoms with van der Waals surface area (Å²) in [6.07, 6.45) is 7.23. The Labute approximate surface area is 114 Å². The lowest BCUT2D eigenvalue weighted by molar-refractivity contribution is -0.179. The first-order valence-electron chi connectivity index (χ1n) is 7.26. The second kappa shape index (κ2) is 5.61. The summed E-state index contributed by atoms with van der Waals surface area (Å²) in [4.78, 5) is 0. The van der Waals surface area contributed by atoms with Crippen molar-refractivity contribution >= 4 is 0 Å². The molecule has 2 fully saturated rings. The van der Waals surface area contributed by atoms with Crippen LogP contribution in [0.15, 0.2) is 12.3 Å². The highest BCUT2D eigenvalue weighted by Crippen LogP contribution is 2.35. The van der Waals surface area contributed by atoms with Crippen molar-refractivity contribution in [2.75, 3.05) is 19.8 Å². The molecule has 2 aliphatic rings. The number of ether oxygens (including phenoxy) is 2. The summed E-state index contributed by atoms with van der Waals surface area (Å²) in [5.41, 5.74) is 1.28. The van der Waals surface area contributed by atoms with Crippen LogP contribution < -0.4 is 5.32 Å². The lowest BCUT2D eigenvalue weighted by atomic mass is 9.90. The predicted octanol–water partition coefficient (Wildman–Crippen LogP) is 1.24. The molecule has 19 heavy (non-hydrogen) atoms. The van der Waals surface area contributed by atoms with Crippen LogP contribution >= 0.6 is 0 Å². The van der Waals surface area contributed by atoms with E-state index in [0.29, 0.717) is 6.04 Å². The second-order valence-electron chi connectivity index (χ2n) is 5.53. The molecule has 1 saturated carbocycles. The van der Waals surface area contributed by atoms with Gasteiger partial charge in [-0.15, -0.1) is 0 Å². The highest BCUT2D eigenvalue weighted by molar-refractivity contribution is 5.00. The minimum absolute atomic E-state index is 0.236. The molecular formula is C14H23N3O2. The topological polar surface area (TPSA) is 48.3 Å². The Balaban J connectivity index is 1.39. The van der Waals surface area contributed by atoms with Gasteiger partial charge in [-0.1, -0.05) is 0 Å². The molecule has 5 nitrogen and oxygen atoms in total. The number of hydrogen-bond acceptors (Lipinski definition) is 4. The Morgan fingerprint density at radius 2 is 2.11 bits per heavy atom. The third-order valence-electron chi connectivity index (χ3n) is 4.30. The van der Waals surface area contributed by atoms with Gasteiger partial charge in [-0.3, -0.25) is 4.68 Å². The molecule has 0 amide bonds. The fourth-order valence-corrected chi connectivity index (χ4v) is 3.10. The minimum Gasteiger partial charge on any atom is -0.348 e. The molecule has 106 valence electrons. The molecular weight excluding hydrogens is 242 g/mol. The molecule has 5 heteroatoms. The van der Waals surface area contributed by atoms with E-state index in [4.69, 9.17) is 9.47 Å². The van der Waals surface area contributed by atoms with Crippen molar-refractivity contribution in [2.45, 2.75) is 43.9 Å². The first-order valence-corrected chi connectivity index (χ1v) is 7.26. The standard InChI is InChI=1S/C14H23N3O2/c1-17-13(5-9-16-17)4-8-15-12-2-6-14(7-3-12)18-10-11-19-14/h5,9,12,15H,2-4,6-8,10-11H2,1H3. The largest absolute Gasteiger partial charge is 0.348 e. The van der Waals surface area contributed by atoms with Crippen molar-refractivity contribution in [1.82, 2.24) is 15.1 Å². The van der Waals surface area contributed by atoms with Gasteiger partial charge in [0.05, 0.1) is 13.2 Å². The van der Waals surface area contributed by atoms with Crippen LogP contribution in [0.25, 0.3) is 0 Å². The van der Waals surface area contributed by atoms with E-state index in [2.05, 4.69) is 16.5 Å². The smallest absolute Gasteiger partial charge is 0.168 e. The van der Waals surface area contributed by atoms with Gasteiger partial charge in [-0.25, -0.2) is 0 Å². The van der Waals surface area contributed by atoms with E-state index < -0.39 is 0 Å². The molecule has 1 aliphatic heterocycles. The van der Waals surface area contributed by atoms with E-state index in [1.807, 2.05) is 17.9 Å². The fourth-order valence-electron chi connectivity index (χ4n) is 3.10. The molecule has 1 spiro atoms. The quantitative estimate of drug-likeness (QED) is 0.890. The lowest BCUT2D eigenvalue weighted by Crippen LogP contribution is -2.42. The average molecular weight is 265 g/mol. The van der Waals surface area contributed by atoms with Crippen LogP contribution in [-0.2, 0) is 22.9 Å². The molecule has 0 aromatic carbocycles. The molecule has 0 atom stereocenters. The zero-order chi connectivity index (χ0) is 13.1. The third-order valence-corrected chi connectivity index (χ3v) is 4.30. The molecule has 1 aliphatic carbocycles. The van der Waals surface area contributed by atoms with Crippen molar-refractivity contribution in [2.24, 2.45) is 7.05 Å². The zero-order valence-corrected chi connectivity index (χ0v) is 11.6. The van der Waals surface area contributed by atoms with E-state index in [0.717, 1.165) is 51.9 Å². The van der Waals surface area contributed by atoms with Crippen LogP contribution in [0, 0.1) is 0 Å². The van der Waals surface area contributed by atoms with Crippen molar-refractivity contribution in [3.05, 3.63) is 18.0 Å². The van der Waals surface area contributed by atoms with Gasteiger partial charge in [-0.2, -0.15) is 5.10 Å². The van der Waals surface area contributed by atoms with Crippen molar-refractivity contribution in [3.8, 4) is 0 Å². The summed E-state index contributed by atoms with van der Waals surface area (Å²) >= 11 is 0. The molecule has 1 aromatic heterocycles. The minimum atomic E-state index is -0.236. The Bertz CT molecular complexity index is 403. The van der Waals surface area contributed by atoms with E-state index >= 15 is 0 Å². The lowest BCUT2D eigenvalue weighted by Gasteiger charge is -2.35. The Hall–Kier alpha value is -0.910. The highest BCUT2D eigenvalue weighted by atomic mass is 16.7. The first-order chi connectivity index (χ1) is 9.27. The van der Waals surface area contributed by atoms with Crippen molar-refractivity contribution in [3.63, 3.8) is 0 Å². The summed E-state index contributed by atoms with van der Waals surface area (Å²) < 4.78 is 13.4. The number of aryl methyl sites for hydroxylation is 1. The normalized spacial score (nSPS) is 23.2. The van der Waals surface area contributed by atoms with E-state index in [-0.39, 0.29) is 5.79 Å². The van der Waals surface area contributed by atoms with Crippen molar-refractivity contribution < 1.29 is 9.47 Å². The summed E-state index contributed by atoms with van der Waals surface area (Å²) in [5, 5.41) is 7.83. The average Bonchev–Trinajstić information content (AvgIpc) is 3.03. The van der Waals surface area contributed by atoms with Crippen LogP contribution in [0.1, 0.15) is 31.4 Å². The highest BCUT2D eigenvalue weighted by Gasteiger charge is 2.39. The van der Waals surface area contributed by atoms with Gasteiger partial charge in [-0.05, 0) is 18.9 Å². The SMILES string of the molecule is Cn1nccc1CCNC1CCC2(CC1)OCCO2. The Kier molecular flexibility index (Phi) is 3.86. The first kappa shape index (κ1) is 13.1. The molecule has 0 radical (unpaired) electrons. The number of aromatic nitrogens is 2. The maximum Gasteiger partial charge on any atom is 0.168 e. The van der Waals surface area contributed by atoms with Crippen molar-refractivity contribution in [1.29, 1.82) is 0 Å². The van der Waals surface area contributed by atoms with Gasteiger partial charge in [0, 0.05) is 50.8 Å². The van der Waals surface area contributed by atoms with Crippen LogP contribution in [0.5, 0.6) is 0 Å². The summed E-state index contributed by atoms with van der Waals surface area (Å²) in [6.45, 7) is 2.54. The fraction of sp³-hybridized carbons (Fsp3) is 0.786. The molecule has 2 heterocycles. The van der Waals surface area contributed by atoms with E-state index in [1.165, 1.54) is 5.69 Å². The monoisotopic (exact) mass is 265 g/mol. The molecule has 1 aromatic rings. The van der Waals surface area contributed by atoms with Gasteiger partial charge in [0.1, 0.15) is 0 Å². The van der Waals surface area contributed by atoms with Gasteiger partial charge in [0.2, 0.25) is 0 Å². The van der Waals surface area contributed by atoms with Gasteiger partial charge < -0.3 is 14.8 Å². The molecule has 0 unspecified atom stereocenters. The van der Waals surface area contributed by atoms with E-state index in [1.54, 1.807) is 0 Å². The molecule has 1 saturated heterocycles. The molecule has 1 N–H and O–H groups in total. The number of rotatable bonds is 4. The maximum atomic E-state index is 5.75. The van der Waals surface area contributed by atoms with Gasteiger partial charge in [0.15, 0.2) is 5.79 Å². The summed E-state index contributed by atoms with van der Waals surface area (Å²) in [6, 6.07) is 2.68. The van der Waals surface area contributed by atoms with Crippen LogP contribution in [0.2, 0.25) is 0 Å².